The van der Waals surface area contributed by atoms with Gasteiger partial charge in [-0.1, -0.05) is 31.0 Å². The molecular formula is C13H21NOS. The zero-order chi connectivity index (χ0) is 12.4. The number of rotatable bonds is 6. The van der Waals surface area contributed by atoms with E-state index in [1.54, 1.807) is 18.9 Å². The summed E-state index contributed by atoms with van der Waals surface area (Å²) in [4.78, 5) is 5.53. The molecule has 0 aliphatic rings. The Kier molecular flexibility index (Phi) is 9.07. The molecule has 0 radical (unpaired) electrons. The van der Waals surface area contributed by atoms with Crippen LogP contribution in [-0.4, -0.2) is 25.3 Å². The number of nitrogens with zero attached hydrogens (tertiary/aromatic N) is 1. The van der Waals surface area contributed by atoms with Gasteiger partial charge in [0.2, 0.25) is 0 Å². The largest absolute Gasteiger partial charge is 0.380 e. The molecule has 0 aromatic rings. The van der Waals surface area contributed by atoms with Crippen LogP contribution in [0.25, 0.3) is 0 Å². The maximum Gasteiger partial charge on any atom is 0.100 e. The molecule has 90 valence electrons. The van der Waals surface area contributed by atoms with Crippen molar-refractivity contribution in [2.24, 2.45) is 4.99 Å². The smallest absolute Gasteiger partial charge is 0.100 e. The van der Waals surface area contributed by atoms with Crippen LogP contribution in [0, 0.1) is 12.3 Å². The molecule has 0 aromatic heterocycles. The molecule has 3 heteroatoms. The first-order valence-electron chi connectivity index (χ1n) is 5.45. The van der Waals surface area contributed by atoms with Gasteiger partial charge >= 0.3 is 0 Å². The predicted octanol–water partition coefficient (Wildman–Crippen LogP) is 3.49. The number of hydrogen-bond donors (Lipinski definition) is 0. The summed E-state index contributed by atoms with van der Waals surface area (Å²) in [5.41, 5.74) is 1.35. The van der Waals surface area contributed by atoms with E-state index < -0.39 is 0 Å². The van der Waals surface area contributed by atoms with Crippen LogP contribution < -0.4 is 0 Å². The molecule has 0 spiro atoms. The lowest BCUT2D eigenvalue weighted by Crippen LogP contribution is -1.98. The minimum Gasteiger partial charge on any atom is -0.380 e. The summed E-state index contributed by atoms with van der Waals surface area (Å²) in [5.74, 6) is 2.51. The fourth-order valence-electron chi connectivity index (χ4n) is 1.31. The van der Waals surface area contributed by atoms with Gasteiger partial charge in [-0.3, -0.25) is 4.99 Å². The minimum atomic E-state index is 0.458. The molecule has 0 N–H and O–H groups in total. The normalized spacial score (nSPS) is 13.3. The number of hydrogen-bond acceptors (Lipinski definition) is 3. The van der Waals surface area contributed by atoms with Gasteiger partial charge in [0.05, 0.1) is 11.7 Å². The van der Waals surface area contributed by atoms with Gasteiger partial charge in [-0.2, -0.15) is 0 Å². The molecule has 2 nitrogen and oxygen atoms in total. The molecule has 0 fully saturated rings. The molecule has 0 heterocycles. The molecule has 0 unspecified atom stereocenters. The molecule has 0 rings (SSSR count). The third kappa shape index (κ3) is 6.71. The van der Waals surface area contributed by atoms with Gasteiger partial charge in [-0.25, -0.2) is 0 Å². The van der Waals surface area contributed by atoms with E-state index in [1.165, 1.54) is 10.5 Å². The Morgan fingerprint density at radius 2 is 2.12 bits per heavy atom. The number of aliphatic imine (C=N–C) groups is 1. The molecule has 0 atom stereocenters. The molecule has 0 aliphatic heterocycles. The van der Waals surface area contributed by atoms with Crippen molar-refractivity contribution in [3.8, 4) is 12.3 Å². The number of thioether (sulfide) groups is 1. The Morgan fingerprint density at radius 1 is 1.44 bits per heavy atom. The second-order valence-electron chi connectivity index (χ2n) is 3.48. The van der Waals surface area contributed by atoms with Crippen molar-refractivity contribution in [3.63, 3.8) is 0 Å². The highest BCUT2D eigenvalue weighted by Crippen LogP contribution is 2.23. The maximum absolute atomic E-state index is 5.20. The Morgan fingerprint density at radius 3 is 2.62 bits per heavy atom. The molecule has 16 heavy (non-hydrogen) atoms. The van der Waals surface area contributed by atoms with Crippen LogP contribution in [-0.2, 0) is 4.74 Å². The first kappa shape index (κ1) is 15.3. The van der Waals surface area contributed by atoms with Crippen molar-refractivity contribution in [2.75, 3.05) is 20.3 Å². The highest BCUT2D eigenvalue weighted by atomic mass is 32.2. The number of allylic oxidation sites excluding steroid dienone is 1. The van der Waals surface area contributed by atoms with Crippen molar-refractivity contribution >= 4 is 16.8 Å². The summed E-state index contributed by atoms with van der Waals surface area (Å²) in [7, 11) is 1.73. The Balaban J connectivity index is 4.51. The zero-order valence-corrected chi connectivity index (χ0v) is 11.5. The molecule has 0 bridgehead atoms. The van der Waals surface area contributed by atoms with Crippen LogP contribution >= 0.6 is 11.8 Å². The van der Waals surface area contributed by atoms with Crippen LogP contribution in [0.2, 0.25) is 0 Å². The second-order valence-corrected chi connectivity index (χ2v) is 4.89. The van der Waals surface area contributed by atoms with Crippen LogP contribution in [0.4, 0.5) is 0 Å². The number of ether oxygens (including phenoxy) is 1. The Hall–Kier alpha value is -0.720. The van der Waals surface area contributed by atoms with Gasteiger partial charge in [-0.05, 0) is 30.7 Å². The number of terminal acetylenes is 1. The monoisotopic (exact) mass is 239 g/mol. The molecular weight excluding hydrogens is 218 g/mol. The van der Waals surface area contributed by atoms with Crippen LogP contribution in [0.1, 0.15) is 33.6 Å². The highest BCUT2D eigenvalue weighted by Gasteiger charge is 2.04. The fourth-order valence-corrected chi connectivity index (χ4v) is 2.19. The van der Waals surface area contributed by atoms with Gasteiger partial charge in [0, 0.05) is 7.11 Å². The van der Waals surface area contributed by atoms with Gasteiger partial charge in [0.25, 0.3) is 0 Å². The molecule has 0 aromatic carbocycles. The first-order chi connectivity index (χ1) is 7.65. The summed E-state index contributed by atoms with van der Waals surface area (Å²) in [6, 6.07) is 0. The molecule has 0 amide bonds. The molecule has 0 aliphatic carbocycles. The Labute approximate surface area is 104 Å². The van der Waals surface area contributed by atoms with E-state index in [1.807, 2.05) is 6.92 Å². The topological polar surface area (TPSA) is 21.6 Å². The van der Waals surface area contributed by atoms with E-state index in [4.69, 9.17) is 11.2 Å². The second kappa shape index (κ2) is 9.50. The molecule has 0 saturated heterocycles. The first-order valence-corrected chi connectivity index (χ1v) is 6.27. The highest BCUT2D eigenvalue weighted by molar-refractivity contribution is 8.17. The van der Waals surface area contributed by atoms with Crippen molar-refractivity contribution in [3.05, 3.63) is 10.5 Å². The molecule has 0 saturated carbocycles. The van der Waals surface area contributed by atoms with Crippen LogP contribution in [0.3, 0.4) is 0 Å². The number of methoxy groups -OCH3 is 1. The van der Waals surface area contributed by atoms with Crippen molar-refractivity contribution in [1.82, 2.24) is 0 Å². The summed E-state index contributed by atoms with van der Waals surface area (Å²) in [6.07, 6.45) is 7.38. The lowest BCUT2D eigenvalue weighted by atomic mass is 10.1. The van der Waals surface area contributed by atoms with E-state index in [0.717, 1.165) is 17.9 Å². The lowest BCUT2D eigenvalue weighted by molar-refractivity contribution is 0.222. The third-order valence-corrected chi connectivity index (χ3v) is 3.08. The van der Waals surface area contributed by atoms with Crippen molar-refractivity contribution in [1.29, 1.82) is 0 Å². The maximum atomic E-state index is 5.20. The summed E-state index contributed by atoms with van der Waals surface area (Å²) < 4.78 is 5.20. The van der Waals surface area contributed by atoms with E-state index in [2.05, 4.69) is 24.8 Å². The van der Waals surface area contributed by atoms with E-state index >= 15 is 0 Å². The van der Waals surface area contributed by atoms with Gasteiger partial charge in [0.15, 0.2) is 0 Å². The SMILES string of the molecule is C#CC/N=C(/C)S/C(C)=C(/CCC)COC. The summed E-state index contributed by atoms with van der Waals surface area (Å²) in [6.45, 7) is 7.44. The average molecular weight is 239 g/mol. The van der Waals surface area contributed by atoms with Gasteiger partial charge < -0.3 is 4.74 Å². The van der Waals surface area contributed by atoms with E-state index in [0.29, 0.717) is 13.2 Å². The predicted molar refractivity (Wildman–Crippen MR) is 73.9 cm³/mol. The standard InChI is InChI=1S/C13H21NOS/c1-6-8-13(10-15-5)11(3)16-12(4)14-9-7-2/h2H,6,8-10H2,1,3-5H3/b13-11-,14-12-. The van der Waals surface area contributed by atoms with Crippen LogP contribution in [0.5, 0.6) is 0 Å². The summed E-state index contributed by atoms with van der Waals surface area (Å²) >= 11 is 1.68. The fraction of sp³-hybridized carbons (Fsp3) is 0.615. The van der Waals surface area contributed by atoms with Crippen molar-refractivity contribution in [2.45, 2.75) is 33.6 Å². The van der Waals surface area contributed by atoms with Gasteiger partial charge in [0.1, 0.15) is 6.54 Å². The van der Waals surface area contributed by atoms with E-state index in [9.17, 15) is 0 Å². The zero-order valence-electron chi connectivity index (χ0n) is 10.7. The van der Waals surface area contributed by atoms with Gasteiger partial charge in [-0.15, -0.1) is 6.42 Å². The Bertz CT molecular complexity index is 292. The van der Waals surface area contributed by atoms with Crippen molar-refractivity contribution < 1.29 is 4.74 Å². The minimum absolute atomic E-state index is 0.458. The third-order valence-electron chi connectivity index (χ3n) is 2.06. The lowest BCUT2D eigenvalue weighted by Gasteiger charge is -2.10. The van der Waals surface area contributed by atoms with Crippen LogP contribution in [0.15, 0.2) is 15.5 Å². The summed E-state index contributed by atoms with van der Waals surface area (Å²) in [5, 5.41) is 1.01. The quantitative estimate of drug-likeness (QED) is 0.402. The average Bonchev–Trinajstić information content (AvgIpc) is 2.26. The van der Waals surface area contributed by atoms with E-state index in [-0.39, 0.29) is 0 Å².